The van der Waals surface area contributed by atoms with Gasteiger partial charge < -0.3 is 0 Å². The maximum absolute atomic E-state index is 15.2. The zero-order valence-electron chi connectivity index (χ0n) is 19.5. The molecule has 4 rings (SSSR count). The van der Waals surface area contributed by atoms with E-state index in [0.29, 0.717) is 52.3 Å². The standard InChI is InChI=1S/C30H25F4N/c1-2-3-4-5-20-15-27(32)29(28(33)16-20)23-12-13-25-22(17-23)11-10-21(30(25)34)8-6-19-7-9-24(18-35)26(31)14-19/h7,9-17H,2-6,8H2,1H3. The molecule has 0 bridgehead atoms. The SMILES string of the molecule is CCCCCc1cc(F)c(-c2ccc3c(F)c(CCc4ccc(C#N)c(F)c4)ccc3c2)c(F)c1. The molecule has 0 aliphatic carbocycles. The minimum atomic E-state index is -0.623. The first kappa shape index (κ1) is 24.5. The number of rotatable bonds is 8. The molecule has 0 spiro atoms. The van der Waals surface area contributed by atoms with Crippen LogP contribution in [0.3, 0.4) is 0 Å². The van der Waals surface area contributed by atoms with Crippen LogP contribution in [0.25, 0.3) is 21.9 Å². The zero-order valence-corrected chi connectivity index (χ0v) is 19.5. The third kappa shape index (κ3) is 5.38. The van der Waals surface area contributed by atoms with Crippen molar-refractivity contribution >= 4 is 10.8 Å². The second kappa shape index (κ2) is 10.7. The molecule has 0 aliphatic heterocycles. The molecule has 1 nitrogen and oxygen atoms in total. The van der Waals surface area contributed by atoms with Gasteiger partial charge in [-0.3, -0.25) is 0 Å². The number of nitrogens with zero attached hydrogens (tertiary/aromatic N) is 1. The summed E-state index contributed by atoms with van der Waals surface area (Å²) in [6, 6.07) is 16.9. The van der Waals surface area contributed by atoms with Crippen molar-refractivity contribution in [1.82, 2.24) is 0 Å². The first-order valence-electron chi connectivity index (χ1n) is 11.8. The fraction of sp³-hybridized carbons (Fsp3) is 0.233. The number of fused-ring (bicyclic) bond motifs is 1. The summed E-state index contributed by atoms with van der Waals surface area (Å²) in [4.78, 5) is 0. The summed E-state index contributed by atoms with van der Waals surface area (Å²) < 4.78 is 58.7. The zero-order chi connectivity index (χ0) is 24.9. The van der Waals surface area contributed by atoms with E-state index in [1.807, 2.05) is 0 Å². The molecule has 0 saturated carbocycles. The number of hydrogen-bond donors (Lipinski definition) is 0. The van der Waals surface area contributed by atoms with E-state index >= 15 is 4.39 Å². The van der Waals surface area contributed by atoms with Gasteiger partial charge in [-0.2, -0.15) is 5.26 Å². The van der Waals surface area contributed by atoms with E-state index in [1.165, 1.54) is 30.3 Å². The predicted octanol–water partition coefficient (Wildman–Crippen LogP) is 8.45. The Bertz CT molecular complexity index is 1400. The van der Waals surface area contributed by atoms with E-state index in [9.17, 15) is 13.2 Å². The third-order valence-electron chi connectivity index (χ3n) is 6.33. The van der Waals surface area contributed by atoms with Gasteiger partial charge in [-0.25, -0.2) is 17.6 Å². The van der Waals surface area contributed by atoms with Gasteiger partial charge in [0.15, 0.2) is 0 Å². The Hall–Kier alpha value is -3.65. The maximum Gasteiger partial charge on any atom is 0.141 e. The van der Waals surface area contributed by atoms with Crippen molar-refractivity contribution in [2.75, 3.05) is 0 Å². The lowest BCUT2D eigenvalue weighted by molar-refractivity contribution is 0.584. The van der Waals surface area contributed by atoms with Crippen LogP contribution in [0.15, 0.2) is 60.7 Å². The maximum atomic E-state index is 15.2. The molecule has 4 aromatic rings. The Balaban J connectivity index is 1.57. The van der Waals surface area contributed by atoms with E-state index in [4.69, 9.17) is 5.26 Å². The molecule has 0 aromatic heterocycles. The number of aryl methyl sites for hydroxylation is 3. The second-order valence-electron chi connectivity index (χ2n) is 8.79. The van der Waals surface area contributed by atoms with Crippen LogP contribution in [-0.4, -0.2) is 0 Å². The highest BCUT2D eigenvalue weighted by atomic mass is 19.1. The molecule has 0 N–H and O–H groups in total. The monoisotopic (exact) mass is 475 g/mol. The highest BCUT2D eigenvalue weighted by molar-refractivity contribution is 5.88. The molecule has 0 unspecified atom stereocenters. The van der Waals surface area contributed by atoms with Gasteiger partial charge >= 0.3 is 0 Å². The van der Waals surface area contributed by atoms with Crippen molar-refractivity contribution in [3.8, 4) is 17.2 Å². The molecular formula is C30H25F4N. The normalized spacial score (nSPS) is 11.1. The van der Waals surface area contributed by atoms with Crippen molar-refractivity contribution in [2.45, 2.75) is 45.4 Å². The van der Waals surface area contributed by atoms with Gasteiger partial charge in [0.25, 0.3) is 0 Å². The van der Waals surface area contributed by atoms with Gasteiger partial charge in [0, 0.05) is 5.39 Å². The minimum Gasteiger partial charge on any atom is -0.206 e. The van der Waals surface area contributed by atoms with Crippen molar-refractivity contribution in [3.05, 3.63) is 106 Å². The molecule has 0 amide bonds. The second-order valence-corrected chi connectivity index (χ2v) is 8.79. The number of nitriles is 1. The third-order valence-corrected chi connectivity index (χ3v) is 6.33. The van der Waals surface area contributed by atoms with Crippen molar-refractivity contribution in [3.63, 3.8) is 0 Å². The largest absolute Gasteiger partial charge is 0.206 e. The molecule has 0 atom stereocenters. The van der Waals surface area contributed by atoms with Crippen LogP contribution in [0.2, 0.25) is 0 Å². The Morgan fingerprint density at radius 1 is 0.714 bits per heavy atom. The molecule has 0 aliphatic rings. The molecular weight excluding hydrogens is 450 g/mol. The molecule has 4 aromatic carbocycles. The highest BCUT2D eigenvalue weighted by Crippen LogP contribution is 2.32. The van der Waals surface area contributed by atoms with E-state index in [-0.39, 0.29) is 11.1 Å². The van der Waals surface area contributed by atoms with Gasteiger partial charge in [0.1, 0.15) is 29.3 Å². The molecule has 35 heavy (non-hydrogen) atoms. The van der Waals surface area contributed by atoms with Crippen LogP contribution in [-0.2, 0) is 19.3 Å². The summed E-state index contributed by atoms with van der Waals surface area (Å²) in [6.07, 6.45) is 4.30. The lowest BCUT2D eigenvalue weighted by Gasteiger charge is -2.11. The molecule has 0 radical (unpaired) electrons. The van der Waals surface area contributed by atoms with Crippen LogP contribution in [0.5, 0.6) is 0 Å². The summed E-state index contributed by atoms with van der Waals surface area (Å²) in [6.45, 7) is 2.08. The minimum absolute atomic E-state index is 0.0274. The quantitative estimate of drug-likeness (QED) is 0.185. The summed E-state index contributed by atoms with van der Waals surface area (Å²) >= 11 is 0. The fourth-order valence-electron chi connectivity index (χ4n) is 4.39. The Morgan fingerprint density at radius 3 is 2.14 bits per heavy atom. The van der Waals surface area contributed by atoms with E-state index < -0.39 is 23.3 Å². The molecule has 178 valence electrons. The molecule has 0 heterocycles. The van der Waals surface area contributed by atoms with Crippen molar-refractivity contribution < 1.29 is 17.6 Å². The molecule has 0 fully saturated rings. The lowest BCUT2D eigenvalue weighted by Crippen LogP contribution is -1.98. The first-order chi connectivity index (χ1) is 16.9. The van der Waals surface area contributed by atoms with Crippen LogP contribution >= 0.6 is 0 Å². The highest BCUT2D eigenvalue weighted by Gasteiger charge is 2.16. The number of unbranched alkanes of at least 4 members (excludes halogenated alkanes) is 2. The van der Waals surface area contributed by atoms with Gasteiger partial charge in [0.05, 0.1) is 11.1 Å². The van der Waals surface area contributed by atoms with Crippen LogP contribution in [0, 0.1) is 34.6 Å². The average molecular weight is 476 g/mol. The van der Waals surface area contributed by atoms with Gasteiger partial charge in [-0.05, 0) is 83.7 Å². The van der Waals surface area contributed by atoms with Gasteiger partial charge in [0.2, 0.25) is 0 Å². The number of hydrogen-bond acceptors (Lipinski definition) is 1. The van der Waals surface area contributed by atoms with Crippen molar-refractivity contribution in [1.29, 1.82) is 5.26 Å². The number of halogens is 4. The summed E-state index contributed by atoms with van der Waals surface area (Å²) in [5, 5.41) is 9.74. The predicted molar refractivity (Wildman–Crippen MR) is 131 cm³/mol. The summed E-state index contributed by atoms with van der Waals surface area (Å²) in [5.41, 5.74) is 1.98. The van der Waals surface area contributed by atoms with Crippen LogP contribution in [0.4, 0.5) is 17.6 Å². The first-order valence-corrected chi connectivity index (χ1v) is 11.8. The summed E-state index contributed by atoms with van der Waals surface area (Å²) in [7, 11) is 0. The Morgan fingerprint density at radius 2 is 1.46 bits per heavy atom. The lowest BCUT2D eigenvalue weighted by atomic mass is 9.95. The average Bonchev–Trinajstić information content (AvgIpc) is 2.83. The molecule has 5 heteroatoms. The summed E-state index contributed by atoms with van der Waals surface area (Å²) in [5.74, 6) is -2.24. The smallest absolute Gasteiger partial charge is 0.141 e. The Labute approximate surface area is 202 Å². The Kier molecular flexibility index (Phi) is 7.51. The topological polar surface area (TPSA) is 23.8 Å². The van der Waals surface area contributed by atoms with E-state index in [0.717, 1.165) is 19.3 Å². The molecule has 0 saturated heterocycles. The fourth-order valence-corrected chi connectivity index (χ4v) is 4.39. The van der Waals surface area contributed by atoms with E-state index in [1.54, 1.807) is 36.4 Å². The number of benzene rings is 4. The van der Waals surface area contributed by atoms with Crippen LogP contribution in [0.1, 0.15) is 48.4 Å². The van der Waals surface area contributed by atoms with Crippen LogP contribution < -0.4 is 0 Å². The van der Waals surface area contributed by atoms with E-state index in [2.05, 4.69) is 6.92 Å². The van der Waals surface area contributed by atoms with Crippen molar-refractivity contribution in [2.24, 2.45) is 0 Å². The van der Waals surface area contributed by atoms with Gasteiger partial charge in [-0.1, -0.05) is 50.1 Å². The van der Waals surface area contributed by atoms with Gasteiger partial charge in [-0.15, -0.1) is 0 Å².